The normalized spacial score (nSPS) is 28.5. The highest BCUT2D eigenvalue weighted by Crippen LogP contribution is 2.42. The van der Waals surface area contributed by atoms with E-state index in [-0.39, 0.29) is 11.6 Å². The molecule has 6 atom stereocenters. The van der Waals surface area contributed by atoms with Crippen molar-refractivity contribution in [2.75, 3.05) is 46.9 Å². The van der Waals surface area contributed by atoms with Crippen molar-refractivity contribution in [2.24, 2.45) is 33.5 Å². The second-order valence-electron chi connectivity index (χ2n) is 16.9. The van der Waals surface area contributed by atoms with E-state index in [9.17, 15) is 0 Å². The Morgan fingerprint density at radius 3 is 1.98 bits per heavy atom. The van der Waals surface area contributed by atoms with Crippen molar-refractivity contribution >= 4 is 11.9 Å². The monoisotopic (exact) mass is 676 g/mol. The highest BCUT2D eigenvalue weighted by atomic mass is 16.5. The predicted octanol–water partition coefficient (Wildman–Crippen LogP) is 8.11. The van der Waals surface area contributed by atoms with Crippen LogP contribution in [0.3, 0.4) is 0 Å². The van der Waals surface area contributed by atoms with Gasteiger partial charge in [0.1, 0.15) is 0 Å². The van der Waals surface area contributed by atoms with Gasteiger partial charge in [-0.3, -0.25) is 9.80 Å². The molecule has 0 bridgehead atoms. The van der Waals surface area contributed by atoms with Crippen LogP contribution in [0.5, 0.6) is 0 Å². The summed E-state index contributed by atoms with van der Waals surface area (Å²) in [7, 11) is 4.61. The Hall–Kier alpha value is -1.38. The first-order chi connectivity index (χ1) is 22.6. The summed E-state index contributed by atoms with van der Waals surface area (Å²) in [6.07, 6.45) is 12.3. The Morgan fingerprint density at radius 2 is 1.44 bits per heavy atom. The number of hydrogen-bond acceptors (Lipinski definition) is 4. The minimum absolute atomic E-state index is 0.118. The smallest absolute Gasteiger partial charge is 0.224 e. The molecule has 0 aliphatic carbocycles. The SMILES string of the molecule is CC.CCC(C)N=C(/N=C(\N)N1CCOCC1)N(CCCCCCC(C(C)C)C1CC(C)N(C)C(C)(C)C1)C1CC(C)N(C)C(C)(C)C1. The second kappa shape index (κ2) is 19.9. The zero-order chi connectivity index (χ0) is 36.2. The van der Waals surface area contributed by atoms with Gasteiger partial charge in [0.05, 0.1) is 19.3 Å². The van der Waals surface area contributed by atoms with Crippen molar-refractivity contribution in [3.63, 3.8) is 0 Å². The molecule has 0 aromatic rings. The Kier molecular flexibility index (Phi) is 17.7. The number of rotatable bonds is 12. The van der Waals surface area contributed by atoms with Gasteiger partial charge in [-0.2, -0.15) is 4.99 Å². The van der Waals surface area contributed by atoms with E-state index in [4.69, 9.17) is 20.5 Å². The number of piperidine rings is 2. The number of likely N-dealkylation sites (tertiary alicyclic amines) is 2. The number of unbranched alkanes of at least 4 members (excludes halogenated alkanes) is 3. The lowest BCUT2D eigenvalue weighted by Crippen LogP contribution is -2.58. The van der Waals surface area contributed by atoms with Gasteiger partial charge in [0.15, 0.2) is 5.96 Å². The summed E-state index contributed by atoms with van der Waals surface area (Å²) in [4.78, 5) is 20.2. The molecule has 3 fully saturated rings. The Bertz CT molecular complexity index is 973. The fourth-order valence-corrected chi connectivity index (χ4v) is 8.57. The average Bonchev–Trinajstić information content (AvgIpc) is 3.04. The Morgan fingerprint density at radius 1 is 0.875 bits per heavy atom. The van der Waals surface area contributed by atoms with Crippen LogP contribution in [0.1, 0.15) is 147 Å². The van der Waals surface area contributed by atoms with Crippen molar-refractivity contribution in [2.45, 2.75) is 183 Å². The predicted molar refractivity (Wildman–Crippen MR) is 209 cm³/mol. The highest BCUT2D eigenvalue weighted by molar-refractivity contribution is 5.94. The summed E-state index contributed by atoms with van der Waals surface area (Å²) >= 11 is 0. The number of morpholine rings is 1. The van der Waals surface area contributed by atoms with E-state index in [1.165, 1.54) is 38.5 Å². The van der Waals surface area contributed by atoms with E-state index in [0.29, 0.717) is 42.8 Å². The Balaban J connectivity index is 0.00000392. The van der Waals surface area contributed by atoms with Crippen molar-refractivity contribution in [3.05, 3.63) is 0 Å². The number of nitrogens with zero attached hydrogens (tertiary/aromatic N) is 6. The van der Waals surface area contributed by atoms with Crippen LogP contribution in [-0.4, -0.2) is 114 Å². The molecular weight excluding hydrogens is 594 g/mol. The van der Waals surface area contributed by atoms with Crippen LogP contribution in [0.15, 0.2) is 9.98 Å². The fourth-order valence-electron chi connectivity index (χ4n) is 8.57. The molecule has 0 aromatic carbocycles. The number of ether oxygens (including phenoxy) is 1. The van der Waals surface area contributed by atoms with Crippen molar-refractivity contribution in [3.8, 4) is 0 Å². The summed E-state index contributed by atoms with van der Waals surface area (Å²) < 4.78 is 5.59. The molecule has 3 heterocycles. The van der Waals surface area contributed by atoms with Gasteiger partial charge in [0, 0.05) is 48.8 Å². The van der Waals surface area contributed by atoms with E-state index in [0.717, 1.165) is 69.0 Å². The molecule has 8 heteroatoms. The third kappa shape index (κ3) is 12.1. The molecule has 6 unspecified atom stereocenters. The van der Waals surface area contributed by atoms with Crippen LogP contribution < -0.4 is 5.73 Å². The fraction of sp³-hybridized carbons (Fsp3) is 0.950. The van der Waals surface area contributed by atoms with E-state index in [1.807, 2.05) is 13.8 Å². The number of guanidine groups is 2. The molecule has 0 amide bonds. The number of nitrogens with two attached hydrogens (primary N) is 1. The van der Waals surface area contributed by atoms with Crippen LogP contribution in [0, 0.1) is 17.8 Å². The topological polar surface area (TPSA) is 72.9 Å². The lowest BCUT2D eigenvalue weighted by atomic mass is 9.69. The largest absolute Gasteiger partial charge is 0.378 e. The van der Waals surface area contributed by atoms with E-state index in [2.05, 4.69) is 103 Å². The quantitative estimate of drug-likeness (QED) is 0.128. The van der Waals surface area contributed by atoms with Crippen molar-refractivity contribution in [1.82, 2.24) is 19.6 Å². The van der Waals surface area contributed by atoms with Crippen LogP contribution in [-0.2, 0) is 4.74 Å². The number of hydrogen-bond donors (Lipinski definition) is 1. The van der Waals surface area contributed by atoms with Crippen LogP contribution in [0.25, 0.3) is 0 Å². The third-order valence-corrected chi connectivity index (χ3v) is 12.3. The third-order valence-electron chi connectivity index (χ3n) is 12.3. The number of aliphatic imine (C=N–C) groups is 2. The molecule has 0 radical (unpaired) electrons. The zero-order valence-electron chi connectivity index (χ0n) is 34.3. The molecule has 3 aliphatic heterocycles. The molecular formula is C40H81N7O. The molecule has 0 aromatic heterocycles. The first-order valence-electron chi connectivity index (χ1n) is 20.0. The van der Waals surface area contributed by atoms with E-state index < -0.39 is 0 Å². The zero-order valence-corrected chi connectivity index (χ0v) is 34.3. The summed E-state index contributed by atoms with van der Waals surface area (Å²) in [5, 5.41) is 0. The molecule has 3 saturated heterocycles. The van der Waals surface area contributed by atoms with Gasteiger partial charge in [-0.05, 0) is 125 Å². The van der Waals surface area contributed by atoms with Crippen molar-refractivity contribution < 1.29 is 4.74 Å². The van der Waals surface area contributed by atoms with Gasteiger partial charge < -0.3 is 20.3 Å². The van der Waals surface area contributed by atoms with Gasteiger partial charge in [0.2, 0.25) is 5.96 Å². The molecule has 2 N–H and O–H groups in total. The maximum absolute atomic E-state index is 6.68. The molecule has 3 rings (SSSR count). The maximum atomic E-state index is 6.68. The first-order valence-corrected chi connectivity index (χ1v) is 20.0. The van der Waals surface area contributed by atoms with Crippen LogP contribution in [0.4, 0.5) is 0 Å². The van der Waals surface area contributed by atoms with E-state index >= 15 is 0 Å². The minimum Gasteiger partial charge on any atom is -0.378 e. The molecule has 0 saturated carbocycles. The lowest BCUT2D eigenvalue weighted by Gasteiger charge is -2.50. The summed E-state index contributed by atoms with van der Waals surface area (Å²) in [5.41, 5.74) is 7.09. The van der Waals surface area contributed by atoms with Crippen LogP contribution in [0.2, 0.25) is 0 Å². The first kappa shape index (κ1) is 42.8. The Labute approximate surface area is 298 Å². The molecule has 282 valence electrons. The van der Waals surface area contributed by atoms with Gasteiger partial charge in [-0.1, -0.05) is 53.9 Å². The summed E-state index contributed by atoms with van der Waals surface area (Å²) in [6.45, 7) is 31.8. The van der Waals surface area contributed by atoms with E-state index in [1.54, 1.807) is 0 Å². The lowest BCUT2D eigenvalue weighted by molar-refractivity contribution is -0.00112. The maximum Gasteiger partial charge on any atom is 0.224 e. The minimum atomic E-state index is 0.118. The molecule has 0 spiro atoms. The highest BCUT2D eigenvalue weighted by Gasteiger charge is 2.41. The molecule has 48 heavy (non-hydrogen) atoms. The van der Waals surface area contributed by atoms with Gasteiger partial charge >= 0.3 is 0 Å². The molecule has 8 nitrogen and oxygen atoms in total. The second-order valence-corrected chi connectivity index (χ2v) is 16.9. The average molecular weight is 676 g/mol. The van der Waals surface area contributed by atoms with Gasteiger partial charge in [-0.15, -0.1) is 0 Å². The standard InChI is InChI=1S/C38H75N7O.C2H6/c1-13-29(4)40-36(41-35(39)44-20-22-46-23-21-44)45(33-25-31(6)43(12)38(9,10)27-33)19-17-15-14-16-18-34(28(2)3)32-24-30(5)42(11)37(7,8)26-32;1-2/h28-34H,13-27H2,1-12H3,(H2,39,40,41);1-2H3. The van der Waals surface area contributed by atoms with Crippen molar-refractivity contribution in [1.29, 1.82) is 0 Å². The van der Waals surface area contributed by atoms with Gasteiger partial charge in [-0.25, -0.2) is 4.99 Å². The molecule has 3 aliphatic rings. The summed E-state index contributed by atoms with van der Waals surface area (Å²) in [6, 6.07) is 1.77. The van der Waals surface area contributed by atoms with Crippen LogP contribution >= 0.6 is 0 Å². The summed E-state index contributed by atoms with van der Waals surface area (Å²) in [5.74, 6) is 3.83. The van der Waals surface area contributed by atoms with Gasteiger partial charge in [0.25, 0.3) is 0 Å².